The number of rotatable bonds is 8. The monoisotopic (exact) mass is 457 g/mol. The molecule has 0 aliphatic heterocycles. The summed E-state index contributed by atoms with van der Waals surface area (Å²) in [5, 5.41) is 3.71. The van der Waals surface area contributed by atoms with Crippen molar-refractivity contribution < 1.29 is 18.3 Å². The molecule has 0 spiro atoms. The molecule has 32 heavy (non-hydrogen) atoms. The van der Waals surface area contributed by atoms with E-state index in [1.165, 1.54) is 6.07 Å². The van der Waals surface area contributed by atoms with Gasteiger partial charge in [0, 0.05) is 23.0 Å². The van der Waals surface area contributed by atoms with Crippen LogP contribution in [0, 0.1) is 11.6 Å². The van der Waals surface area contributed by atoms with Gasteiger partial charge in [0.25, 0.3) is 5.91 Å². The maximum Gasteiger partial charge on any atom is 0.263 e. The van der Waals surface area contributed by atoms with Crippen molar-refractivity contribution in [2.45, 2.75) is 44.8 Å². The number of hydrogen-bond donors (Lipinski definition) is 1. The van der Waals surface area contributed by atoms with E-state index in [1.807, 2.05) is 61.5 Å². The fourth-order valence-corrected chi connectivity index (χ4v) is 3.65. The van der Waals surface area contributed by atoms with Crippen LogP contribution >= 0.6 is 11.6 Å². The Balaban J connectivity index is 1.76. The Hall–Kier alpha value is -2.92. The summed E-state index contributed by atoms with van der Waals surface area (Å²) in [5.74, 6) is -2.27. The average Bonchev–Trinajstić information content (AvgIpc) is 2.76. The third-order valence-corrected chi connectivity index (χ3v) is 5.62. The summed E-state index contributed by atoms with van der Waals surface area (Å²) in [7, 11) is 0. The molecule has 0 aromatic heterocycles. The highest BCUT2D eigenvalue weighted by molar-refractivity contribution is 6.30. The van der Waals surface area contributed by atoms with Gasteiger partial charge < -0.3 is 10.1 Å². The van der Waals surface area contributed by atoms with Crippen molar-refractivity contribution in [3.05, 3.63) is 101 Å². The summed E-state index contributed by atoms with van der Waals surface area (Å²) >= 11 is 6.02. The Labute approximate surface area is 192 Å². The van der Waals surface area contributed by atoms with Gasteiger partial charge in [-0.15, -0.1) is 0 Å². The van der Waals surface area contributed by atoms with Crippen molar-refractivity contribution in [1.82, 2.24) is 5.32 Å². The summed E-state index contributed by atoms with van der Waals surface area (Å²) in [6.07, 6.45) is 0.701. The molecule has 0 radical (unpaired) electrons. The van der Waals surface area contributed by atoms with Gasteiger partial charge in [-0.3, -0.25) is 4.79 Å². The van der Waals surface area contributed by atoms with Crippen LogP contribution < -0.4 is 10.1 Å². The van der Waals surface area contributed by atoms with Crippen LogP contribution in [-0.4, -0.2) is 17.6 Å². The van der Waals surface area contributed by atoms with Gasteiger partial charge in [0.15, 0.2) is 17.2 Å². The summed E-state index contributed by atoms with van der Waals surface area (Å²) in [6, 6.07) is 20.6. The first-order chi connectivity index (χ1) is 15.2. The summed E-state index contributed by atoms with van der Waals surface area (Å²) in [6.45, 7) is 5.12. The molecule has 0 bridgehead atoms. The van der Waals surface area contributed by atoms with Crippen LogP contribution in [0.1, 0.15) is 37.8 Å². The van der Waals surface area contributed by atoms with Crippen LogP contribution in [0.15, 0.2) is 72.8 Å². The molecule has 2 unspecified atom stereocenters. The number of nitrogens with one attached hydrogen (secondary N) is 1. The lowest BCUT2D eigenvalue weighted by Gasteiger charge is -2.31. The predicted octanol–water partition coefficient (Wildman–Crippen LogP) is 6.31. The Bertz CT molecular complexity index is 1060. The van der Waals surface area contributed by atoms with E-state index in [4.69, 9.17) is 16.3 Å². The number of ether oxygens (including phenoxy) is 1. The normalized spacial score (nSPS) is 13.3. The molecular weight excluding hydrogens is 432 g/mol. The third-order valence-electron chi connectivity index (χ3n) is 5.37. The molecule has 3 nitrogen and oxygen atoms in total. The second-order valence-electron chi connectivity index (χ2n) is 8.30. The quantitative estimate of drug-likeness (QED) is 0.430. The average molecular weight is 458 g/mol. The predicted molar refractivity (Wildman–Crippen MR) is 123 cm³/mol. The first-order valence-corrected chi connectivity index (χ1v) is 10.8. The molecule has 0 saturated carbocycles. The smallest absolute Gasteiger partial charge is 0.263 e. The highest BCUT2D eigenvalue weighted by Gasteiger charge is 2.33. The first-order valence-electron chi connectivity index (χ1n) is 10.4. The highest BCUT2D eigenvalue weighted by Crippen LogP contribution is 2.27. The van der Waals surface area contributed by atoms with E-state index < -0.39 is 17.2 Å². The summed E-state index contributed by atoms with van der Waals surface area (Å²) in [5.41, 5.74) is 0.899. The molecule has 0 heterocycles. The number of hydrogen-bond acceptors (Lipinski definition) is 2. The first kappa shape index (κ1) is 23.7. The molecule has 0 saturated heterocycles. The minimum absolute atomic E-state index is 0.000362. The Morgan fingerprint density at radius 2 is 1.66 bits per heavy atom. The van der Waals surface area contributed by atoms with Gasteiger partial charge in [-0.05, 0) is 62.6 Å². The van der Waals surface area contributed by atoms with Gasteiger partial charge in [0.2, 0.25) is 0 Å². The molecule has 0 aliphatic carbocycles. The SMILES string of the molecule is CC(NC(=O)C(C)(C)Oc1ccc(F)c(F)c1)C(Cc1ccc(Cl)cc1)c1ccccc1. The van der Waals surface area contributed by atoms with E-state index in [1.54, 1.807) is 13.8 Å². The molecule has 168 valence electrons. The van der Waals surface area contributed by atoms with Crippen LogP contribution in [0.2, 0.25) is 5.02 Å². The zero-order chi connectivity index (χ0) is 23.3. The zero-order valence-corrected chi connectivity index (χ0v) is 19.0. The van der Waals surface area contributed by atoms with Gasteiger partial charge in [0.05, 0.1) is 0 Å². The maximum atomic E-state index is 13.5. The van der Waals surface area contributed by atoms with Crippen LogP contribution in [0.25, 0.3) is 0 Å². The molecular formula is C26H26ClF2NO2. The van der Waals surface area contributed by atoms with E-state index in [-0.39, 0.29) is 23.6 Å². The number of carbonyl (C=O) groups is 1. The lowest BCUT2D eigenvalue weighted by molar-refractivity contribution is -0.135. The summed E-state index contributed by atoms with van der Waals surface area (Å²) < 4.78 is 32.4. The van der Waals surface area contributed by atoms with Gasteiger partial charge in [-0.25, -0.2) is 8.78 Å². The molecule has 1 N–H and O–H groups in total. The lowest BCUT2D eigenvalue weighted by atomic mass is 9.86. The molecule has 0 aliphatic rings. The minimum Gasteiger partial charge on any atom is -0.478 e. The number of amides is 1. The van der Waals surface area contributed by atoms with Gasteiger partial charge in [-0.1, -0.05) is 54.1 Å². The van der Waals surface area contributed by atoms with Crippen molar-refractivity contribution in [1.29, 1.82) is 0 Å². The Kier molecular flexibility index (Phi) is 7.52. The second kappa shape index (κ2) is 10.1. The van der Waals surface area contributed by atoms with Crippen LogP contribution in [0.5, 0.6) is 5.75 Å². The Morgan fingerprint density at radius 1 is 1.00 bits per heavy atom. The minimum atomic E-state index is -1.29. The van der Waals surface area contributed by atoms with E-state index in [9.17, 15) is 13.6 Å². The van der Waals surface area contributed by atoms with E-state index in [2.05, 4.69) is 5.32 Å². The van der Waals surface area contributed by atoms with E-state index in [0.717, 1.165) is 23.3 Å². The molecule has 1 amide bonds. The fraction of sp³-hybridized carbons (Fsp3) is 0.269. The topological polar surface area (TPSA) is 38.3 Å². The van der Waals surface area contributed by atoms with Crippen LogP contribution in [0.3, 0.4) is 0 Å². The number of halogens is 3. The molecule has 3 aromatic carbocycles. The van der Waals surface area contributed by atoms with E-state index >= 15 is 0 Å². The van der Waals surface area contributed by atoms with Crippen LogP contribution in [-0.2, 0) is 11.2 Å². The second-order valence-corrected chi connectivity index (χ2v) is 8.73. The maximum absolute atomic E-state index is 13.5. The molecule has 3 aromatic rings. The summed E-state index contributed by atoms with van der Waals surface area (Å²) in [4.78, 5) is 13.0. The van der Waals surface area contributed by atoms with Crippen molar-refractivity contribution in [2.75, 3.05) is 0 Å². The van der Waals surface area contributed by atoms with Gasteiger partial charge >= 0.3 is 0 Å². The van der Waals surface area contributed by atoms with Crippen molar-refractivity contribution in [2.24, 2.45) is 0 Å². The molecule has 3 rings (SSSR count). The number of benzene rings is 3. The largest absolute Gasteiger partial charge is 0.478 e. The third kappa shape index (κ3) is 6.07. The van der Waals surface area contributed by atoms with Crippen molar-refractivity contribution >= 4 is 17.5 Å². The van der Waals surface area contributed by atoms with Crippen LogP contribution in [0.4, 0.5) is 8.78 Å². The molecule has 2 atom stereocenters. The van der Waals surface area contributed by atoms with E-state index in [0.29, 0.717) is 11.4 Å². The molecule has 0 fully saturated rings. The van der Waals surface area contributed by atoms with Gasteiger partial charge in [-0.2, -0.15) is 0 Å². The molecule has 6 heteroatoms. The number of carbonyl (C=O) groups excluding carboxylic acids is 1. The zero-order valence-electron chi connectivity index (χ0n) is 18.2. The fourth-order valence-electron chi connectivity index (χ4n) is 3.52. The standard InChI is InChI=1S/C26H26ClF2NO2/c1-17(30-25(31)26(2,3)32-21-13-14-23(28)24(29)16-21)22(19-7-5-4-6-8-19)15-18-9-11-20(27)12-10-18/h4-14,16-17,22H,15H2,1-3H3,(H,30,31). The lowest BCUT2D eigenvalue weighted by Crippen LogP contribution is -2.51. The van der Waals surface area contributed by atoms with Gasteiger partial charge in [0.1, 0.15) is 5.75 Å². The highest BCUT2D eigenvalue weighted by atomic mass is 35.5. The van der Waals surface area contributed by atoms with Crippen molar-refractivity contribution in [3.8, 4) is 5.75 Å². The Morgan fingerprint density at radius 3 is 2.28 bits per heavy atom. The van der Waals surface area contributed by atoms with Crippen molar-refractivity contribution in [3.63, 3.8) is 0 Å².